The number of nitrogens with two attached hydrogens (primary N) is 2. The number of nitrogens with one attached hydrogen (secondary N) is 2. The highest BCUT2D eigenvalue weighted by Crippen LogP contribution is 2.35. The minimum absolute atomic E-state index is 0.161. The molecule has 0 spiro atoms. The highest BCUT2D eigenvalue weighted by Gasteiger charge is 2.52. The van der Waals surface area contributed by atoms with Crippen molar-refractivity contribution < 1.29 is 43.8 Å². The molecule has 17 nitrogen and oxygen atoms in total. The van der Waals surface area contributed by atoms with Crippen LogP contribution in [0.2, 0.25) is 0 Å². The van der Waals surface area contributed by atoms with Gasteiger partial charge in [-0.3, -0.25) is 38.5 Å². The lowest BCUT2D eigenvalue weighted by Crippen LogP contribution is -2.73. The number of benzene rings is 2. The van der Waals surface area contributed by atoms with Gasteiger partial charge >= 0.3 is 11.9 Å². The highest BCUT2D eigenvalue weighted by molar-refractivity contribution is 5.96. The molecule has 3 fully saturated rings. The largest absolute Gasteiger partial charge is 0.480 e. The Bertz CT molecular complexity index is 1740. The van der Waals surface area contributed by atoms with Gasteiger partial charge in [-0.2, -0.15) is 0 Å². The van der Waals surface area contributed by atoms with Gasteiger partial charge in [-0.05, 0) is 63.1 Å². The van der Waals surface area contributed by atoms with Gasteiger partial charge in [0.15, 0.2) is 0 Å². The third-order valence-electron chi connectivity index (χ3n) is 10.9. The van der Waals surface area contributed by atoms with E-state index < -0.39 is 78.9 Å². The summed E-state index contributed by atoms with van der Waals surface area (Å²) in [6.45, 7) is 1.22. The fourth-order valence-electron chi connectivity index (χ4n) is 8.18. The second-order valence-electron chi connectivity index (χ2n) is 15.3. The van der Waals surface area contributed by atoms with Gasteiger partial charge in [0.25, 0.3) is 0 Å². The average molecular weight is 791 g/mol. The first-order valence-corrected chi connectivity index (χ1v) is 19.5. The van der Waals surface area contributed by atoms with E-state index in [1.807, 2.05) is 67.6 Å². The lowest BCUT2D eigenvalue weighted by atomic mass is 9.85. The number of carboxylic acids is 2. The summed E-state index contributed by atoms with van der Waals surface area (Å²) in [5, 5.41) is 24.0. The number of aliphatic carboxylic acids is 2. The number of piperazine rings is 1. The molecule has 2 aromatic carbocycles. The normalized spacial score (nSPS) is 21.8. The van der Waals surface area contributed by atoms with Crippen LogP contribution < -0.4 is 22.1 Å². The number of hydrogen-bond donors (Lipinski definition) is 6. The zero-order chi connectivity index (χ0) is 41.2. The molecule has 7 unspecified atom stereocenters. The second-order valence-corrected chi connectivity index (χ2v) is 15.3. The van der Waals surface area contributed by atoms with Crippen LogP contribution in [-0.4, -0.2) is 153 Å². The Morgan fingerprint density at radius 3 is 1.98 bits per heavy atom. The van der Waals surface area contributed by atoms with Crippen LogP contribution in [0.15, 0.2) is 60.7 Å². The van der Waals surface area contributed by atoms with E-state index in [2.05, 4.69) is 10.6 Å². The zero-order valence-electron chi connectivity index (χ0n) is 32.2. The minimum Gasteiger partial charge on any atom is -0.480 e. The number of amides is 5. The summed E-state index contributed by atoms with van der Waals surface area (Å²) in [6, 6.07) is 13.9. The minimum atomic E-state index is -1.32. The molecule has 0 saturated carbocycles. The molecule has 2 aromatic rings. The molecule has 308 valence electrons. The number of carboxylic acid groups (broad SMARTS) is 2. The molecule has 5 amide bonds. The molecule has 57 heavy (non-hydrogen) atoms. The standard InChI is InChI=1S/C40H54N8O9/c1-25-16-32(44-38(55)31(18-27-12-6-3-7-13-27)43-37(54)30(42)17-26-10-4-2-5-11-26)39(56)47(25)33(14-8-9-15-41)40(57)48-28-19-29(48)21-45(20-28)22-34(49)46(23-35(50)51)24-36(52)53/h2-7,10-13,25,28-33H,8-9,14-24,41-42H2,1H3,(H,43,54)(H,44,55)(H,50,51)(H,52,53). The monoisotopic (exact) mass is 790 g/mol. The van der Waals surface area contributed by atoms with Crippen LogP contribution >= 0.6 is 0 Å². The van der Waals surface area contributed by atoms with Crippen molar-refractivity contribution in [2.45, 2.75) is 94.2 Å². The van der Waals surface area contributed by atoms with Crippen LogP contribution in [0.25, 0.3) is 0 Å². The number of nitrogens with zero attached hydrogens (tertiary/aromatic N) is 4. The Morgan fingerprint density at radius 2 is 1.42 bits per heavy atom. The van der Waals surface area contributed by atoms with Gasteiger partial charge in [0.1, 0.15) is 31.2 Å². The van der Waals surface area contributed by atoms with Crippen molar-refractivity contribution >= 4 is 41.5 Å². The number of likely N-dealkylation sites (tertiary alicyclic amines) is 3. The molecule has 8 N–H and O–H groups in total. The summed E-state index contributed by atoms with van der Waals surface area (Å²) in [5.74, 6) is -4.97. The second kappa shape index (κ2) is 19.7. The van der Waals surface area contributed by atoms with E-state index in [1.165, 1.54) is 0 Å². The first kappa shape index (κ1) is 42.7. The van der Waals surface area contributed by atoms with E-state index in [0.29, 0.717) is 45.3 Å². The lowest BCUT2D eigenvalue weighted by Gasteiger charge is -2.57. The molecule has 3 aliphatic heterocycles. The fraction of sp³-hybridized carbons (Fsp3) is 0.525. The fourth-order valence-corrected chi connectivity index (χ4v) is 8.18. The summed E-state index contributed by atoms with van der Waals surface area (Å²) < 4.78 is 0. The Kier molecular flexibility index (Phi) is 14.7. The molecule has 3 heterocycles. The molecule has 0 aliphatic carbocycles. The van der Waals surface area contributed by atoms with Crippen molar-refractivity contribution in [2.75, 3.05) is 39.3 Å². The Labute approximate surface area is 331 Å². The van der Waals surface area contributed by atoms with E-state index in [1.54, 1.807) is 14.7 Å². The highest BCUT2D eigenvalue weighted by atomic mass is 16.4. The third-order valence-corrected chi connectivity index (χ3v) is 10.9. The molecular weight excluding hydrogens is 736 g/mol. The topological polar surface area (TPSA) is 249 Å². The first-order valence-electron chi connectivity index (χ1n) is 19.5. The predicted octanol–water partition coefficient (Wildman–Crippen LogP) is -0.830. The van der Waals surface area contributed by atoms with Gasteiger partial charge in [-0.1, -0.05) is 60.7 Å². The van der Waals surface area contributed by atoms with Crippen molar-refractivity contribution in [1.29, 1.82) is 0 Å². The number of piperidine rings is 1. The van der Waals surface area contributed by atoms with Crippen molar-refractivity contribution in [3.05, 3.63) is 71.8 Å². The summed E-state index contributed by atoms with van der Waals surface area (Å²) in [7, 11) is 0. The predicted molar refractivity (Wildman–Crippen MR) is 207 cm³/mol. The van der Waals surface area contributed by atoms with E-state index >= 15 is 0 Å². The lowest BCUT2D eigenvalue weighted by molar-refractivity contribution is -0.165. The van der Waals surface area contributed by atoms with E-state index in [4.69, 9.17) is 21.7 Å². The quantitative estimate of drug-likeness (QED) is 0.0900. The summed E-state index contributed by atoms with van der Waals surface area (Å²) in [4.78, 5) is 97.0. The molecule has 7 atom stereocenters. The number of hydrogen-bond acceptors (Lipinski definition) is 10. The van der Waals surface area contributed by atoms with Crippen LogP contribution in [0, 0.1) is 0 Å². The molecule has 2 bridgehead atoms. The number of carbonyl (C=O) groups is 7. The summed E-state index contributed by atoms with van der Waals surface area (Å²) in [6.07, 6.45) is 2.95. The number of rotatable bonds is 20. The zero-order valence-corrected chi connectivity index (χ0v) is 32.2. The maximum absolute atomic E-state index is 14.4. The van der Waals surface area contributed by atoms with Gasteiger partial charge in [0.2, 0.25) is 29.5 Å². The van der Waals surface area contributed by atoms with E-state index in [9.17, 15) is 33.6 Å². The Balaban J connectivity index is 1.25. The number of carbonyl (C=O) groups excluding carboxylic acids is 5. The maximum Gasteiger partial charge on any atom is 0.323 e. The van der Waals surface area contributed by atoms with Gasteiger partial charge in [0, 0.05) is 37.6 Å². The van der Waals surface area contributed by atoms with Gasteiger partial charge in [0.05, 0.1) is 12.6 Å². The van der Waals surface area contributed by atoms with Crippen molar-refractivity contribution in [3.63, 3.8) is 0 Å². The molecule has 17 heteroatoms. The van der Waals surface area contributed by atoms with Gasteiger partial charge in [-0.15, -0.1) is 0 Å². The molecule has 0 radical (unpaired) electrons. The Hall–Kier alpha value is -5.39. The molecular formula is C40H54N8O9. The van der Waals surface area contributed by atoms with Crippen molar-refractivity contribution in [2.24, 2.45) is 11.5 Å². The number of fused-ring (bicyclic) bond motifs is 2. The maximum atomic E-state index is 14.4. The van der Waals surface area contributed by atoms with Gasteiger partial charge < -0.3 is 47.0 Å². The van der Waals surface area contributed by atoms with E-state index in [0.717, 1.165) is 16.0 Å². The van der Waals surface area contributed by atoms with Crippen molar-refractivity contribution in [3.8, 4) is 0 Å². The third kappa shape index (κ3) is 11.1. The summed E-state index contributed by atoms with van der Waals surface area (Å²) in [5.41, 5.74) is 13.7. The molecule has 0 aromatic heterocycles. The average Bonchev–Trinajstić information content (AvgIpc) is 3.44. The van der Waals surface area contributed by atoms with Crippen LogP contribution in [0.4, 0.5) is 0 Å². The summed E-state index contributed by atoms with van der Waals surface area (Å²) >= 11 is 0. The molecule has 5 rings (SSSR count). The van der Waals surface area contributed by atoms with Crippen molar-refractivity contribution in [1.82, 2.24) is 30.2 Å². The van der Waals surface area contributed by atoms with E-state index in [-0.39, 0.29) is 43.8 Å². The van der Waals surface area contributed by atoms with Crippen LogP contribution in [0.1, 0.15) is 50.2 Å². The van der Waals surface area contributed by atoms with Crippen LogP contribution in [0.5, 0.6) is 0 Å². The molecule has 3 saturated heterocycles. The molecule has 3 aliphatic rings. The van der Waals surface area contributed by atoms with Gasteiger partial charge in [-0.25, -0.2) is 0 Å². The number of unbranched alkanes of at least 4 members (excludes halogenated alkanes) is 1. The SMILES string of the molecule is CC1CC(NC(=O)C(Cc2ccccc2)NC(=O)C(N)Cc2ccccc2)C(=O)N1C(CCCCN)C(=O)N1C2CC1CN(CC(=O)N(CC(=O)O)CC(=O)O)C2. The van der Waals surface area contributed by atoms with Crippen LogP contribution in [0.3, 0.4) is 0 Å². The first-order chi connectivity index (χ1) is 27.2. The van der Waals surface area contributed by atoms with Crippen LogP contribution in [-0.2, 0) is 46.4 Å². The smallest absolute Gasteiger partial charge is 0.323 e. The Morgan fingerprint density at radius 1 is 0.842 bits per heavy atom.